The van der Waals surface area contributed by atoms with Crippen LogP contribution in [0.3, 0.4) is 0 Å². The molecule has 138 valence electrons. The monoisotopic (exact) mass is 356 g/mol. The molecular weight excluding hydrogens is 332 g/mol. The Hall–Kier alpha value is -2.83. The van der Waals surface area contributed by atoms with Crippen LogP contribution in [0.2, 0.25) is 0 Å². The number of aromatic nitrogens is 2. The van der Waals surface area contributed by atoms with E-state index in [2.05, 4.69) is 15.3 Å². The highest BCUT2D eigenvalue weighted by molar-refractivity contribution is 5.86. The van der Waals surface area contributed by atoms with Crippen molar-refractivity contribution in [3.05, 3.63) is 53.6 Å². The summed E-state index contributed by atoms with van der Waals surface area (Å²) >= 11 is 0. The molecule has 0 fully saturated rings. The van der Waals surface area contributed by atoms with Gasteiger partial charge in [0.15, 0.2) is 0 Å². The zero-order valence-electron chi connectivity index (χ0n) is 15.2. The number of amides is 2. The molecule has 2 atom stereocenters. The van der Waals surface area contributed by atoms with Crippen LogP contribution in [0.5, 0.6) is 0 Å². The maximum atomic E-state index is 12.9. The van der Waals surface area contributed by atoms with E-state index < -0.39 is 12.1 Å². The van der Waals surface area contributed by atoms with Crippen molar-refractivity contribution >= 4 is 12.0 Å². The van der Waals surface area contributed by atoms with Crippen molar-refractivity contribution in [2.24, 2.45) is 5.92 Å². The fraction of sp³-hybridized carbons (Fsp3) is 0.421. The summed E-state index contributed by atoms with van der Waals surface area (Å²) in [6, 6.07) is 8.52. The van der Waals surface area contributed by atoms with E-state index in [0.717, 1.165) is 17.0 Å². The zero-order valence-corrected chi connectivity index (χ0v) is 15.2. The zero-order chi connectivity index (χ0) is 18.7. The van der Waals surface area contributed by atoms with Crippen molar-refractivity contribution in [3.63, 3.8) is 0 Å². The third-order valence-corrected chi connectivity index (χ3v) is 4.66. The van der Waals surface area contributed by atoms with E-state index in [4.69, 9.17) is 4.74 Å². The minimum absolute atomic E-state index is 0.0776. The van der Waals surface area contributed by atoms with Crippen LogP contribution in [0.4, 0.5) is 4.79 Å². The number of hydrogen-bond acceptors (Lipinski definition) is 4. The predicted octanol–water partition coefficient (Wildman–Crippen LogP) is 2.42. The first-order valence-electron chi connectivity index (χ1n) is 8.75. The molecule has 2 N–H and O–H groups in total. The van der Waals surface area contributed by atoms with Gasteiger partial charge < -0.3 is 15.0 Å². The van der Waals surface area contributed by atoms with Crippen molar-refractivity contribution < 1.29 is 14.3 Å². The molecule has 3 rings (SSSR count). The summed E-state index contributed by atoms with van der Waals surface area (Å²) in [6.07, 6.45) is 1.49. The lowest BCUT2D eigenvalue weighted by Crippen LogP contribution is -2.55. The molecule has 0 radical (unpaired) electrons. The number of nitrogens with one attached hydrogen (secondary N) is 2. The van der Waals surface area contributed by atoms with Crippen LogP contribution in [0.1, 0.15) is 36.8 Å². The van der Waals surface area contributed by atoms with Crippen molar-refractivity contribution in [2.45, 2.75) is 39.0 Å². The molecule has 0 aliphatic carbocycles. The number of imidazole rings is 1. The number of aromatic amines is 1. The summed E-state index contributed by atoms with van der Waals surface area (Å²) in [4.78, 5) is 34.4. The van der Waals surface area contributed by atoms with Gasteiger partial charge in [-0.25, -0.2) is 9.78 Å². The minimum Gasteiger partial charge on any atom is -0.445 e. The van der Waals surface area contributed by atoms with E-state index in [-0.39, 0.29) is 24.5 Å². The van der Waals surface area contributed by atoms with Crippen LogP contribution in [0.15, 0.2) is 36.7 Å². The van der Waals surface area contributed by atoms with Crippen molar-refractivity contribution in [1.82, 2.24) is 20.2 Å². The van der Waals surface area contributed by atoms with Gasteiger partial charge in [-0.1, -0.05) is 44.2 Å². The van der Waals surface area contributed by atoms with Crippen LogP contribution in [-0.4, -0.2) is 40.0 Å². The van der Waals surface area contributed by atoms with Crippen LogP contribution >= 0.6 is 0 Å². The molecule has 0 saturated carbocycles. The quantitative estimate of drug-likeness (QED) is 0.881. The van der Waals surface area contributed by atoms with E-state index in [1.807, 2.05) is 44.2 Å². The summed E-state index contributed by atoms with van der Waals surface area (Å²) in [5.41, 5.74) is 2.59. The van der Waals surface area contributed by atoms with Gasteiger partial charge in [0.25, 0.3) is 0 Å². The highest BCUT2D eigenvalue weighted by Gasteiger charge is 2.44. The number of carbonyl (C=O) groups is 2. The first-order valence-corrected chi connectivity index (χ1v) is 8.75. The molecular formula is C19H24N4O3. The van der Waals surface area contributed by atoms with E-state index in [0.29, 0.717) is 6.42 Å². The Labute approximate surface area is 152 Å². The standard InChI is InChI=1S/C19H24N4O3/c1-12(2)17-16-14(21-11-22-16)9-15(18(24)20-3)23(17)19(25)26-10-13-7-5-4-6-8-13/h4-8,11-12,15,17H,9-10H2,1-3H3,(H,20,24)(H,21,22)/t15-,17?/m0/s1. The van der Waals surface area contributed by atoms with Crippen LogP contribution in [0, 0.1) is 5.92 Å². The SMILES string of the molecule is CNC(=O)[C@@H]1Cc2[nH]cnc2C(C(C)C)N1C(=O)OCc1ccccc1. The van der Waals surface area contributed by atoms with Gasteiger partial charge in [0.2, 0.25) is 5.91 Å². The fourth-order valence-corrected chi connectivity index (χ4v) is 3.42. The van der Waals surface area contributed by atoms with Gasteiger partial charge in [-0.05, 0) is 11.5 Å². The third kappa shape index (κ3) is 3.42. The molecule has 1 aliphatic heterocycles. The first kappa shape index (κ1) is 18.0. The lowest BCUT2D eigenvalue weighted by molar-refractivity contribution is -0.127. The van der Waals surface area contributed by atoms with E-state index in [9.17, 15) is 9.59 Å². The number of H-pyrrole nitrogens is 1. The molecule has 1 aromatic carbocycles. The summed E-state index contributed by atoms with van der Waals surface area (Å²) in [6.45, 7) is 4.18. The number of rotatable bonds is 4. The summed E-state index contributed by atoms with van der Waals surface area (Å²) in [5, 5.41) is 2.65. The van der Waals surface area contributed by atoms with Gasteiger partial charge in [0.05, 0.1) is 18.1 Å². The van der Waals surface area contributed by atoms with Gasteiger partial charge in [0.1, 0.15) is 12.6 Å². The number of benzene rings is 1. The van der Waals surface area contributed by atoms with E-state index in [1.54, 1.807) is 13.4 Å². The second-order valence-corrected chi connectivity index (χ2v) is 6.74. The highest BCUT2D eigenvalue weighted by atomic mass is 16.6. The van der Waals surface area contributed by atoms with Crippen molar-refractivity contribution in [2.75, 3.05) is 7.05 Å². The largest absolute Gasteiger partial charge is 0.445 e. The summed E-state index contributed by atoms with van der Waals surface area (Å²) in [5.74, 6) is -0.138. The second kappa shape index (κ2) is 7.59. The molecule has 26 heavy (non-hydrogen) atoms. The smallest absolute Gasteiger partial charge is 0.411 e. The van der Waals surface area contributed by atoms with E-state index in [1.165, 1.54) is 4.90 Å². The van der Waals surface area contributed by atoms with Gasteiger partial charge >= 0.3 is 6.09 Å². The Bertz CT molecular complexity index is 772. The number of nitrogens with zero attached hydrogens (tertiary/aromatic N) is 2. The fourth-order valence-electron chi connectivity index (χ4n) is 3.42. The Kier molecular flexibility index (Phi) is 5.25. The van der Waals surface area contributed by atoms with Crippen molar-refractivity contribution in [3.8, 4) is 0 Å². The highest BCUT2D eigenvalue weighted by Crippen LogP contribution is 2.37. The molecule has 2 heterocycles. The molecule has 7 heteroatoms. The Balaban J connectivity index is 1.88. The molecule has 0 saturated heterocycles. The lowest BCUT2D eigenvalue weighted by atomic mass is 9.89. The Morgan fingerprint density at radius 1 is 1.35 bits per heavy atom. The van der Waals surface area contributed by atoms with Gasteiger partial charge in [0, 0.05) is 19.2 Å². The number of ether oxygens (including phenoxy) is 1. The van der Waals surface area contributed by atoms with Crippen LogP contribution < -0.4 is 5.32 Å². The molecule has 1 aromatic heterocycles. The number of hydrogen-bond donors (Lipinski definition) is 2. The number of carbonyl (C=O) groups excluding carboxylic acids is 2. The first-order chi connectivity index (χ1) is 12.5. The molecule has 2 amide bonds. The number of likely N-dealkylation sites (N-methyl/N-ethyl adjacent to an activating group) is 1. The van der Waals surface area contributed by atoms with Gasteiger partial charge in [-0.15, -0.1) is 0 Å². The molecule has 0 spiro atoms. The number of fused-ring (bicyclic) bond motifs is 1. The van der Waals surface area contributed by atoms with E-state index >= 15 is 0 Å². The molecule has 1 unspecified atom stereocenters. The lowest BCUT2D eigenvalue weighted by Gasteiger charge is -2.41. The second-order valence-electron chi connectivity index (χ2n) is 6.74. The molecule has 2 aromatic rings. The van der Waals surface area contributed by atoms with Crippen LogP contribution in [0.25, 0.3) is 0 Å². The third-order valence-electron chi connectivity index (χ3n) is 4.66. The summed E-state index contributed by atoms with van der Waals surface area (Å²) < 4.78 is 5.53. The van der Waals surface area contributed by atoms with Crippen LogP contribution in [-0.2, 0) is 22.6 Å². The maximum Gasteiger partial charge on any atom is 0.411 e. The molecule has 7 nitrogen and oxygen atoms in total. The predicted molar refractivity (Wildman–Crippen MR) is 96.2 cm³/mol. The summed E-state index contributed by atoms with van der Waals surface area (Å²) in [7, 11) is 1.57. The molecule has 1 aliphatic rings. The van der Waals surface area contributed by atoms with Gasteiger partial charge in [-0.2, -0.15) is 0 Å². The minimum atomic E-state index is -0.636. The molecule has 0 bridgehead atoms. The Morgan fingerprint density at radius 2 is 2.08 bits per heavy atom. The van der Waals surface area contributed by atoms with Gasteiger partial charge in [-0.3, -0.25) is 9.69 Å². The maximum absolute atomic E-state index is 12.9. The average Bonchev–Trinajstić information content (AvgIpc) is 3.12. The Morgan fingerprint density at radius 3 is 2.73 bits per heavy atom. The normalized spacial score (nSPS) is 19.2. The van der Waals surface area contributed by atoms with Crippen molar-refractivity contribution in [1.29, 1.82) is 0 Å². The average molecular weight is 356 g/mol. The topological polar surface area (TPSA) is 87.3 Å².